The van der Waals surface area contributed by atoms with Crippen molar-refractivity contribution in [3.05, 3.63) is 57.6 Å². The number of hydrogen-bond acceptors (Lipinski definition) is 4. The van der Waals surface area contributed by atoms with E-state index in [1.807, 2.05) is 25.1 Å². The molecule has 0 radical (unpaired) electrons. The van der Waals surface area contributed by atoms with Gasteiger partial charge in [-0.3, -0.25) is 0 Å². The van der Waals surface area contributed by atoms with Crippen molar-refractivity contribution in [1.29, 1.82) is 0 Å². The SMILES string of the molecule is Cc1cc(OCCCOc2ccc(Cl)cc2/C=N/NC(N)=O)ccc1Cl. The van der Waals surface area contributed by atoms with Crippen LogP contribution in [-0.4, -0.2) is 25.5 Å². The van der Waals surface area contributed by atoms with Gasteiger partial charge in [0.2, 0.25) is 0 Å². The lowest BCUT2D eigenvalue weighted by Crippen LogP contribution is -2.24. The van der Waals surface area contributed by atoms with Gasteiger partial charge in [-0.15, -0.1) is 0 Å². The Hall–Kier alpha value is -2.44. The fraction of sp³-hybridized carbons (Fsp3) is 0.222. The van der Waals surface area contributed by atoms with E-state index in [9.17, 15) is 4.79 Å². The van der Waals surface area contributed by atoms with Crippen LogP contribution in [0.5, 0.6) is 11.5 Å². The Balaban J connectivity index is 1.84. The van der Waals surface area contributed by atoms with E-state index in [1.165, 1.54) is 6.21 Å². The number of rotatable bonds is 8. The van der Waals surface area contributed by atoms with Gasteiger partial charge in [-0.25, -0.2) is 10.2 Å². The molecule has 26 heavy (non-hydrogen) atoms. The van der Waals surface area contributed by atoms with Gasteiger partial charge in [-0.1, -0.05) is 23.2 Å². The summed E-state index contributed by atoms with van der Waals surface area (Å²) in [5.41, 5.74) is 8.68. The molecule has 2 aromatic carbocycles. The fourth-order valence-electron chi connectivity index (χ4n) is 2.06. The van der Waals surface area contributed by atoms with E-state index in [4.69, 9.17) is 38.4 Å². The molecule has 0 spiro atoms. The van der Waals surface area contributed by atoms with Crippen LogP contribution in [0, 0.1) is 6.92 Å². The Morgan fingerprint density at radius 2 is 1.96 bits per heavy atom. The Kier molecular flexibility index (Phi) is 7.56. The second kappa shape index (κ2) is 9.89. The molecule has 0 fully saturated rings. The summed E-state index contributed by atoms with van der Waals surface area (Å²) in [6, 6.07) is 9.90. The van der Waals surface area contributed by atoms with Gasteiger partial charge in [0.1, 0.15) is 11.5 Å². The largest absolute Gasteiger partial charge is 0.493 e. The lowest BCUT2D eigenvalue weighted by atomic mass is 10.2. The van der Waals surface area contributed by atoms with Crippen LogP contribution in [0.3, 0.4) is 0 Å². The fourth-order valence-corrected chi connectivity index (χ4v) is 2.35. The second-order valence-corrected chi connectivity index (χ2v) is 6.22. The Labute approximate surface area is 161 Å². The first-order valence-electron chi connectivity index (χ1n) is 7.85. The molecule has 0 atom stereocenters. The number of nitrogens with one attached hydrogen (secondary N) is 1. The third kappa shape index (κ3) is 6.46. The summed E-state index contributed by atoms with van der Waals surface area (Å²) in [6.07, 6.45) is 2.10. The van der Waals surface area contributed by atoms with E-state index in [0.717, 1.165) is 11.3 Å². The van der Waals surface area contributed by atoms with Crippen molar-refractivity contribution >= 4 is 35.4 Å². The molecule has 8 heteroatoms. The minimum absolute atomic E-state index is 0.443. The highest BCUT2D eigenvalue weighted by molar-refractivity contribution is 6.31. The van der Waals surface area contributed by atoms with E-state index < -0.39 is 6.03 Å². The van der Waals surface area contributed by atoms with E-state index in [1.54, 1.807) is 18.2 Å². The standard InChI is InChI=1S/C18H19Cl2N3O3/c1-12-9-15(4-5-16(12)20)25-7-2-8-26-17-6-3-14(19)10-13(17)11-22-23-18(21)24/h3-6,9-11H,2,7-8H2,1H3,(H3,21,23,24)/b22-11+. The molecule has 0 bridgehead atoms. The van der Waals surface area contributed by atoms with Gasteiger partial charge in [0.05, 0.1) is 19.4 Å². The number of carbonyl (C=O) groups is 1. The number of nitrogens with zero attached hydrogens (tertiary/aromatic N) is 1. The maximum Gasteiger partial charge on any atom is 0.332 e. The van der Waals surface area contributed by atoms with Crippen molar-refractivity contribution in [1.82, 2.24) is 5.43 Å². The lowest BCUT2D eigenvalue weighted by Gasteiger charge is -2.11. The number of nitrogens with two attached hydrogens (primary N) is 1. The Morgan fingerprint density at radius 1 is 1.19 bits per heavy atom. The van der Waals surface area contributed by atoms with Gasteiger partial charge in [0, 0.05) is 22.0 Å². The molecule has 0 aliphatic heterocycles. The van der Waals surface area contributed by atoms with Crippen LogP contribution < -0.4 is 20.6 Å². The van der Waals surface area contributed by atoms with E-state index in [0.29, 0.717) is 41.0 Å². The van der Waals surface area contributed by atoms with Crippen molar-refractivity contribution in [3.8, 4) is 11.5 Å². The number of benzene rings is 2. The number of primary amides is 1. The molecule has 0 saturated carbocycles. The van der Waals surface area contributed by atoms with Crippen LogP contribution >= 0.6 is 23.2 Å². The topological polar surface area (TPSA) is 85.9 Å². The number of amides is 2. The number of carbonyl (C=O) groups excluding carboxylic acids is 1. The smallest absolute Gasteiger partial charge is 0.332 e. The number of urea groups is 1. The summed E-state index contributed by atoms with van der Waals surface area (Å²) in [5.74, 6) is 1.36. The lowest BCUT2D eigenvalue weighted by molar-refractivity contribution is 0.247. The van der Waals surface area contributed by atoms with E-state index in [-0.39, 0.29) is 0 Å². The minimum atomic E-state index is -0.750. The van der Waals surface area contributed by atoms with Crippen LogP contribution in [-0.2, 0) is 0 Å². The zero-order valence-corrected chi connectivity index (χ0v) is 15.7. The van der Waals surface area contributed by atoms with Gasteiger partial charge in [-0.2, -0.15) is 5.10 Å². The molecular formula is C18H19Cl2N3O3. The maximum absolute atomic E-state index is 10.7. The molecule has 0 aromatic heterocycles. The van der Waals surface area contributed by atoms with Gasteiger partial charge < -0.3 is 15.2 Å². The quantitative estimate of drug-likeness (QED) is 0.399. The normalized spacial score (nSPS) is 10.7. The Morgan fingerprint density at radius 3 is 2.69 bits per heavy atom. The predicted octanol–water partition coefficient (Wildman–Crippen LogP) is 4.15. The van der Waals surface area contributed by atoms with Gasteiger partial charge in [0.25, 0.3) is 0 Å². The number of hydrogen-bond donors (Lipinski definition) is 2. The maximum atomic E-state index is 10.7. The Bertz CT molecular complexity index is 797. The third-order valence-electron chi connectivity index (χ3n) is 3.29. The average molecular weight is 396 g/mol. The zero-order chi connectivity index (χ0) is 18.9. The summed E-state index contributed by atoms with van der Waals surface area (Å²) in [4.78, 5) is 10.7. The first kappa shape index (κ1) is 19.9. The number of aryl methyl sites for hydroxylation is 1. The summed E-state index contributed by atoms with van der Waals surface area (Å²) in [5, 5.41) is 4.96. The highest BCUT2D eigenvalue weighted by atomic mass is 35.5. The van der Waals surface area contributed by atoms with Crippen molar-refractivity contribution in [3.63, 3.8) is 0 Å². The number of halogens is 2. The molecule has 138 valence electrons. The van der Waals surface area contributed by atoms with E-state index in [2.05, 4.69) is 10.5 Å². The van der Waals surface area contributed by atoms with Crippen LogP contribution in [0.25, 0.3) is 0 Å². The van der Waals surface area contributed by atoms with Crippen LogP contribution in [0.4, 0.5) is 4.79 Å². The summed E-state index contributed by atoms with van der Waals surface area (Å²) < 4.78 is 11.4. The first-order chi connectivity index (χ1) is 12.5. The van der Waals surface area contributed by atoms with Crippen LogP contribution in [0.1, 0.15) is 17.5 Å². The average Bonchev–Trinajstić information content (AvgIpc) is 2.59. The zero-order valence-electron chi connectivity index (χ0n) is 14.2. The molecule has 0 aliphatic carbocycles. The number of ether oxygens (including phenoxy) is 2. The molecular weight excluding hydrogens is 377 g/mol. The summed E-state index contributed by atoms with van der Waals surface area (Å²) >= 11 is 12.0. The van der Waals surface area contributed by atoms with Crippen molar-refractivity contribution in [2.24, 2.45) is 10.8 Å². The van der Waals surface area contributed by atoms with Gasteiger partial charge in [-0.05, 0) is 48.9 Å². The van der Waals surface area contributed by atoms with Crippen LogP contribution in [0.2, 0.25) is 10.0 Å². The van der Waals surface area contributed by atoms with Gasteiger partial charge >= 0.3 is 6.03 Å². The molecule has 2 aromatic rings. The minimum Gasteiger partial charge on any atom is -0.493 e. The van der Waals surface area contributed by atoms with Crippen molar-refractivity contribution < 1.29 is 14.3 Å². The molecule has 0 unspecified atom stereocenters. The molecule has 2 amide bonds. The first-order valence-corrected chi connectivity index (χ1v) is 8.61. The summed E-state index contributed by atoms with van der Waals surface area (Å²) in [6.45, 7) is 2.87. The van der Waals surface area contributed by atoms with Gasteiger partial charge in [0.15, 0.2) is 0 Å². The molecule has 0 heterocycles. The summed E-state index contributed by atoms with van der Waals surface area (Å²) in [7, 11) is 0. The third-order valence-corrected chi connectivity index (χ3v) is 3.95. The molecule has 3 N–H and O–H groups in total. The monoisotopic (exact) mass is 395 g/mol. The highest BCUT2D eigenvalue weighted by Gasteiger charge is 2.04. The van der Waals surface area contributed by atoms with Crippen molar-refractivity contribution in [2.45, 2.75) is 13.3 Å². The highest BCUT2D eigenvalue weighted by Crippen LogP contribution is 2.22. The molecule has 0 saturated heterocycles. The molecule has 0 aliphatic rings. The number of hydrazone groups is 1. The van der Waals surface area contributed by atoms with E-state index >= 15 is 0 Å². The molecule has 6 nitrogen and oxygen atoms in total. The van der Waals surface area contributed by atoms with Crippen LogP contribution in [0.15, 0.2) is 41.5 Å². The van der Waals surface area contributed by atoms with Crippen molar-refractivity contribution in [2.75, 3.05) is 13.2 Å². The molecule has 2 rings (SSSR count). The second-order valence-electron chi connectivity index (χ2n) is 5.38. The predicted molar refractivity (Wildman–Crippen MR) is 104 cm³/mol.